The van der Waals surface area contributed by atoms with Crippen LogP contribution in [0, 0.1) is 11.3 Å². The summed E-state index contributed by atoms with van der Waals surface area (Å²) in [5.41, 5.74) is 6.30. The Morgan fingerprint density at radius 2 is 1.89 bits per heavy atom. The third-order valence-electron chi connectivity index (χ3n) is 7.04. The van der Waals surface area contributed by atoms with Gasteiger partial charge in [-0.05, 0) is 68.4 Å². The quantitative estimate of drug-likeness (QED) is 0.363. The Balaban J connectivity index is 1.43. The van der Waals surface area contributed by atoms with E-state index in [0.717, 1.165) is 42.1 Å². The molecule has 1 aromatic carbocycles. The van der Waals surface area contributed by atoms with Gasteiger partial charge < -0.3 is 15.6 Å². The lowest BCUT2D eigenvalue weighted by molar-refractivity contribution is -0.110. The summed E-state index contributed by atoms with van der Waals surface area (Å²) in [7, 11) is 1.59. The lowest BCUT2D eigenvalue weighted by Gasteiger charge is -2.31. The maximum absolute atomic E-state index is 13.4. The van der Waals surface area contributed by atoms with Gasteiger partial charge in [-0.25, -0.2) is 4.98 Å². The standard InChI is InChI=1S/C30H33N7O/c1-4-27(20-6-7-20)35-24-14-22(16-33-17-24)21-8-10-25(19(2)31)26(15-21)29(32-3)30(38)36-23-9-11-28(34-18-23)37-12-5-13-37/h8-11,14-18,20,31H,4-7,12-13H2,1-3H3,(H,36,38). The number of nitrogens with zero attached hydrogens (tertiary/aromatic N) is 5. The number of carbonyl (C=O) groups is 1. The van der Waals surface area contributed by atoms with Crippen LogP contribution in [0.1, 0.15) is 50.7 Å². The maximum Gasteiger partial charge on any atom is 0.274 e. The molecule has 1 saturated carbocycles. The molecule has 3 heterocycles. The highest BCUT2D eigenvalue weighted by molar-refractivity contribution is 6.50. The second-order valence-corrected chi connectivity index (χ2v) is 9.82. The highest BCUT2D eigenvalue weighted by Crippen LogP contribution is 2.34. The normalized spacial score (nSPS) is 15.7. The molecule has 194 valence electrons. The fourth-order valence-electron chi connectivity index (χ4n) is 4.66. The van der Waals surface area contributed by atoms with Crippen molar-refractivity contribution in [1.29, 1.82) is 5.41 Å². The Hall–Kier alpha value is -4.20. The first-order valence-corrected chi connectivity index (χ1v) is 13.2. The van der Waals surface area contributed by atoms with Crippen LogP contribution in [0.2, 0.25) is 0 Å². The molecule has 0 bridgehead atoms. The van der Waals surface area contributed by atoms with Crippen LogP contribution in [0.15, 0.2) is 65.0 Å². The van der Waals surface area contributed by atoms with Gasteiger partial charge in [0.05, 0.1) is 23.8 Å². The maximum atomic E-state index is 13.4. The van der Waals surface area contributed by atoms with Gasteiger partial charge in [-0.15, -0.1) is 0 Å². The first-order valence-electron chi connectivity index (χ1n) is 13.2. The minimum atomic E-state index is -0.348. The molecule has 1 saturated heterocycles. The molecule has 0 radical (unpaired) electrons. The van der Waals surface area contributed by atoms with Gasteiger partial charge in [-0.2, -0.15) is 0 Å². The number of aliphatic imine (C=N–C) groups is 2. The Bertz CT molecular complexity index is 1420. The minimum absolute atomic E-state index is 0.254. The average Bonchev–Trinajstić information content (AvgIpc) is 3.73. The van der Waals surface area contributed by atoms with Crippen molar-refractivity contribution in [3.63, 3.8) is 0 Å². The first-order chi connectivity index (χ1) is 18.5. The van der Waals surface area contributed by atoms with Crippen LogP contribution in [-0.2, 0) is 4.79 Å². The number of benzene rings is 1. The number of rotatable bonds is 9. The first kappa shape index (κ1) is 25.4. The van der Waals surface area contributed by atoms with E-state index in [1.165, 1.54) is 25.0 Å². The van der Waals surface area contributed by atoms with Gasteiger partial charge >= 0.3 is 0 Å². The smallest absolute Gasteiger partial charge is 0.274 e. The second-order valence-electron chi connectivity index (χ2n) is 9.82. The van der Waals surface area contributed by atoms with Gasteiger partial charge in [0.2, 0.25) is 0 Å². The number of hydrogen-bond acceptors (Lipinski definition) is 7. The third-order valence-corrected chi connectivity index (χ3v) is 7.04. The molecule has 1 aliphatic carbocycles. The van der Waals surface area contributed by atoms with Crippen LogP contribution < -0.4 is 10.2 Å². The molecule has 2 aliphatic rings. The highest BCUT2D eigenvalue weighted by atomic mass is 16.1. The van der Waals surface area contributed by atoms with E-state index in [-0.39, 0.29) is 11.6 Å². The number of aromatic nitrogens is 2. The third kappa shape index (κ3) is 5.54. The zero-order valence-corrected chi connectivity index (χ0v) is 22.2. The SMILES string of the molecule is CCC(=Nc1cncc(-c2ccc(C(C)=N)c(C(=NC)C(=O)Nc3ccc(N4CCC4)nc3)c2)c1)C1CC1. The van der Waals surface area contributed by atoms with Gasteiger partial charge in [0.1, 0.15) is 11.5 Å². The summed E-state index contributed by atoms with van der Waals surface area (Å²) in [6, 6.07) is 11.5. The van der Waals surface area contributed by atoms with E-state index in [9.17, 15) is 4.79 Å². The molecule has 0 atom stereocenters. The summed E-state index contributed by atoms with van der Waals surface area (Å²) < 4.78 is 0. The topological polar surface area (TPSA) is 107 Å². The molecular weight excluding hydrogens is 474 g/mol. The zero-order valence-electron chi connectivity index (χ0n) is 22.2. The monoisotopic (exact) mass is 507 g/mol. The molecule has 8 nitrogen and oxygen atoms in total. The van der Waals surface area contributed by atoms with Crippen molar-refractivity contribution in [1.82, 2.24) is 9.97 Å². The number of carbonyl (C=O) groups excluding carboxylic acids is 1. The number of anilines is 2. The summed E-state index contributed by atoms with van der Waals surface area (Å²) in [6.07, 6.45) is 9.80. The minimum Gasteiger partial charge on any atom is -0.356 e. The van der Waals surface area contributed by atoms with E-state index in [2.05, 4.69) is 32.1 Å². The summed E-state index contributed by atoms with van der Waals surface area (Å²) in [5, 5.41) is 11.2. The Morgan fingerprint density at radius 1 is 1.08 bits per heavy atom. The molecule has 38 heavy (non-hydrogen) atoms. The predicted octanol–water partition coefficient (Wildman–Crippen LogP) is 5.69. The fourth-order valence-corrected chi connectivity index (χ4v) is 4.66. The van der Waals surface area contributed by atoms with Crippen LogP contribution in [0.25, 0.3) is 11.1 Å². The van der Waals surface area contributed by atoms with Crippen molar-refractivity contribution in [2.24, 2.45) is 15.9 Å². The van der Waals surface area contributed by atoms with Crippen LogP contribution >= 0.6 is 0 Å². The molecular formula is C30H33N7O. The zero-order chi connectivity index (χ0) is 26.6. The molecule has 8 heteroatoms. The van der Waals surface area contributed by atoms with Crippen molar-refractivity contribution in [2.45, 2.75) is 39.5 Å². The summed E-state index contributed by atoms with van der Waals surface area (Å²) in [4.78, 5) is 33.7. The van der Waals surface area contributed by atoms with Gasteiger partial charge in [0.25, 0.3) is 5.91 Å². The molecule has 2 N–H and O–H groups in total. The van der Waals surface area contributed by atoms with Crippen LogP contribution in [0.3, 0.4) is 0 Å². The number of nitrogens with one attached hydrogen (secondary N) is 2. The van der Waals surface area contributed by atoms with Gasteiger partial charge in [-0.1, -0.05) is 19.1 Å². The van der Waals surface area contributed by atoms with Crippen molar-refractivity contribution >= 4 is 40.2 Å². The molecule has 5 rings (SSSR count). The number of pyridine rings is 2. The molecule has 1 aliphatic heterocycles. The van der Waals surface area contributed by atoms with Gasteiger partial charge in [0, 0.05) is 54.4 Å². The van der Waals surface area contributed by atoms with E-state index >= 15 is 0 Å². The Morgan fingerprint density at radius 3 is 2.50 bits per heavy atom. The largest absolute Gasteiger partial charge is 0.356 e. The molecule has 0 unspecified atom stereocenters. The fraction of sp³-hybridized carbons (Fsp3) is 0.333. The summed E-state index contributed by atoms with van der Waals surface area (Å²) >= 11 is 0. The van der Waals surface area contributed by atoms with E-state index in [1.54, 1.807) is 32.6 Å². The lowest BCUT2D eigenvalue weighted by atomic mass is 9.94. The lowest BCUT2D eigenvalue weighted by Crippen LogP contribution is -2.37. The highest BCUT2D eigenvalue weighted by Gasteiger charge is 2.26. The number of hydrogen-bond donors (Lipinski definition) is 2. The average molecular weight is 508 g/mol. The molecule has 1 amide bonds. The molecule has 0 spiro atoms. The van der Waals surface area contributed by atoms with E-state index < -0.39 is 0 Å². The van der Waals surface area contributed by atoms with Crippen molar-refractivity contribution < 1.29 is 4.79 Å². The summed E-state index contributed by atoms with van der Waals surface area (Å²) in [6.45, 7) is 5.88. The Kier molecular flexibility index (Phi) is 7.40. The van der Waals surface area contributed by atoms with E-state index in [0.29, 0.717) is 28.4 Å². The van der Waals surface area contributed by atoms with E-state index in [4.69, 9.17) is 10.4 Å². The predicted molar refractivity (Wildman–Crippen MR) is 154 cm³/mol. The second kappa shape index (κ2) is 11.0. The van der Waals surface area contributed by atoms with E-state index in [1.807, 2.05) is 36.4 Å². The summed E-state index contributed by atoms with van der Waals surface area (Å²) in [5.74, 6) is 1.17. The number of amides is 1. The van der Waals surface area contributed by atoms with Crippen molar-refractivity contribution in [3.05, 3.63) is 66.1 Å². The van der Waals surface area contributed by atoms with Gasteiger partial charge in [-0.3, -0.25) is 19.8 Å². The molecule has 2 fully saturated rings. The van der Waals surface area contributed by atoms with Gasteiger partial charge in [0.15, 0.2) is 0 Å². The van der Waals surface area contributed by atoms with Crippen LogP contribution in [0.4, 0.5) is 17.2 Å². The molecule has 3 aromatic rings. The van der Waals surface area contributed by atoms with Crippen LogP contribution in [-0.4, -0.2) is 53.1 Å². The van der Waals surface area contributed by atoms with Crippen molar-refractivity contribution in [2.75, 3.05) is 30.4 Å². The van der Waals surface area contributed by atoms with Crippen molar-refractivity contribution in [3.8, 4) is 11.1 Å². The Labute approximate surface area is 223 Å². The van der Waals surface area contributed by atoms with Crippen LogP contribution in [0.5, 0.6) is 0 Å². The molecule has 2 aromatic heterocycles.